The van der Waals surface area contributed by atoms with Crippen molar-refractivity contribution in [1.82, 2.24) is 10.6 Å². The van der Waals surface area contributed by atoms with Crippen molar-refractivity contribution in [2.75, 3.05) is 0 Å². The van der Waals surface area contributed by atoms with Crippen LogP contribution in [0.2, 0.25) is 0 Å². The first-order valence-corrected chi connectivity index (χ1v) is 10.5. The highest BCUT2D eigenvalue weighted by atomic mass is 19.4. The van der Waals surface area contributed by atoms with Gasteiger partial charge in [0, 0.05) is 0 Å². The van der Waals surface area contributed by atoms with Gasteiger partial charge in [0.15, 0.2) is 0 Å². The van der Waals surface area contributed by atoms with Crippen LogP contribution in [0.5, 0.6) is 0 Å². The number of nitrogens with one attached hydrogen (secondary N) is 2. The summed E-state index contributed by atoms with van der Waals surface area (Å²) in [4.78, 5) is 25.1. The summed E-state index contributed by atoms with van der Waals surface area (Å²) in [5.41, 5.74) is -0.862. The molecule has 4 nitrogen and oxygen atoms in total. The normalized spacial score (nSPS) is 11.9. The Morgan fingerprint density at radius 2 is 0.972 bits per heavy atom. The fourth-order valence-corrected chi connectivity index (χ4v) is 3.28. The third kappa shape index (κ3) is 7.56. The van der Waals surface area contributed by atoms with Crippen molar-refractivity contribution >= 4 is 11.8 Å². The van der Waals surface area contributed by atoms with E-state index >= 15 is 0 Å². The van der Waals surface area contributed by atoms with Gasteiger partial charge in [-0.15, -0.1) is 0 Å². The molecule has 2 amide bonds. The number of amides is 2. The molecule has 0 radical (unpaired) electrons. The maximum Gasteiger partial charge on any atom is 0.416 e. The zero-order valence-electron chi connectivity index (χ0n) is 18.4. The molecule has 0 heterocycles. The van der Waals surface area contributed by atoms with Gasteiger partial charge in [-0.3, -0.25) is 9.59 Å². The molecule has 190 valence electrons. The van der Waals surface area contributed by atoms with E-state index in [1.165, 1.54) is 12.1 Å². The van der Waals surface area contributed by atoms with Crippen molar-refractivity contribution in [2.24, 2.45) is 0 Å². The van der Waals surface area contributed by atoms with Crippen molar-refractivity contribution in [3.63, 3.8) is 0 Å². The van der Waals surface area contributed by atoms with Gasteiger partial charge >= 0.3 is 12.4 Å². The molecule has 0 atom stereocenters. The molecule has 0 saturated carbocycles. The van der Waals surface area contributed by atoms with Crippen molar-refractivity contribution in [1.29, 1.82) is 0 Å². The van der Waals surface area contributed by atoms with Gasteiger partial charge in [0.05, 0.1) is 24.0 Å². The van der Waals surface area contributed by atoms with Gasteiger partial charge in [-0.1, -0.05) is 36.4 Å². The maximum absolute atomic E-state index is 13.3. The lowest BCUT2D eigenvalue weighted by Gasteiger charge is -2.21. The highest BCUT2D eigenvalue weighted by Gasteiger charge is 2.31. The summed E-state index contributed by atoms with van der Waals surface area (Å²) in [5, 5.41) is 5.05. The summed E-state index contributed by atoms with van der Waals surface area (Å²) in [6, 6.07) is 12.8. The van der Waals surface area contributed by atoms with Crippen LogP contribution >= 0.6 is 0 Å². The van der Waals surface area contributed by atoms with Gasteiger partial charge < -0.3 is 10.6 Å². The van der Waals surface area contributed by atoms with Crippen LogP contribution in [-0.4, -0.2) is 11.8 Å². The van der Waals surface area contributed by atoms with E-state index in [-0.39, 0.29) is 24.0 Å². The minimum absolute atomic E-state index is 0.287. The lowest BCUT2D eigenvalue weighted by molar-refractivity contribution is -0.138. The fraction of sp³-hybridized carbons (Fsp3) is 0.200. The quantitative estimate of drug-likeness (QED) is 0.321. The second-order valence-electron chi connectivity index (χ2n) is 7.86. The Kier molecular flexibility index (Phi) is 8.01. The second kappa shape index (κ2) is 10.8. The number of carbonyl (C=O) groups is 2. The molecule has 0 bridgehead atoms. The Labute approximate surface area is 201 Å². The summed E-state index contributed by atoms with van der Waals surface area (Å²) in [5.74, 6) is -1.84. The molecule has 0 aliphatic rings. The van der Waals surface area contributed by atoms with Gasteiger partial charge in [0.2, 0.25) is 11.8 Å². The summed E-state index contributed by atoms with van der Waals surface area (Å²) in [6.45, 7) is 0. The van der Waals surface area contributed by atoms with Crippen LogP contribution in [0.25, 0.3) is 0 Å². The van der Waals surface area contributed by atoms with E-state index in [1.807, 2.05) is 0 Å². The van der Waals surface area contributed by atoms with Crippen molar-refractivity contribution in [3.8, 4) is 0 Å². The average Bonchev–Trinajstić information content (AvgIpc) is 2.78. The molecule has 0 aliphatic carbocycles. The Balaban J connectivity index is 1.69. The zero-order chi connectivity index (χ0) is 26.5. The van der Waals surface area contributed by atoms with Crippen LogP contribution in [0.3, 0.4) is 0 Å². The lowest BCUT2D eigenvalue weighted by Crippen LogP contribution is -2.42. The van der Waals surface area contributed by atoms with E-state index in [1.54, 1.807) is 0 Å². The molecule has 3 rings (SSSR count). The Morgan fingerprint density at radius 3 is 1.31 bits per heavy atom. The zero-order valence-corrected chi connectivity index (χ0v) is 18.4. The first-order chi connectivity index (χ1) is 16.8. The van der Waals surface area contributed by atoms with Gasteiger partial charge in [-0.25, -0.2) is 4.39 Å². The second-order valence-corrected chi connectivity index (χ2v) is 7.86. The monoisotopic (exact) mass is 512 g/mol. The van der Waals surface area contributed by atoms with Crippen molar-refractivity contribution < 1.29 is 40.3 Å². The number of alkyl halides is 6. The molecular weight excluding hydrogens is 493 g/mol. The van der Waals surface area contributed by atoms with E-state index in [9.17, 15) is 40.3 Å². The molecular formula is C25H19F7N2O2. The van der Waals surface area contributed by atoms with Crippen LogP contribution in [0.15, 0.2) is 72.8 Å². The molecule has 3 aromatic carbocycles. The van der Waals surface area contributed by atoms with E-state index in [4.69, 9.17) is 0 Å². The molecule has 11 heteroatoms. The first kappa shape index (κ1) is 26.7. The molecule has 0 saturated heterocycles. The number of carbonyl (C=O) groups excluding carboxylic acids is 2. The minimum atomic E-state index is -4.52. The summed E-state index contributed by atoms with van der Waals surface area (Å²) in [6.07, 6.45) is -10.8. The number of rotatable bonds is 7. The molecule has 0 aliphatic heterocycles. The maximum atomic E-state index is 13.3. The molecule has 0 spiro atoms. The predicted molar refractivity (Wildman–Crippen MR) is 116 cm³/mol. The Morgan fingerprint density at radius 1 is 0.611 bits per heavy atom. The SMILES string of the molecule is O=C(Cc1ccc(C(F)(F)F)cc1)NC(NC(=O)Cc1ccc(C(F)(F)F)cc1)c1ccc(F)cc1. The molecule has 36 heavy (non-hydrogen) atoms. The van der Waals surface area contributed by atoms with Crippen LogP contribution < -0.4 is 10.6 Å². The van der Waals surface area contributed by atoms with Crippen molar-refractivity contribution in [3.05, 3.63) is 106 Å². The van der Waals surface area contributed by atoms with Crippen molar-refractivity contribution in [2.45, 2.75) is 31.4 Å². The molecule has 0 fully saturated rings. The van der Waals surface area contributed by atoms with Crippen LogP contribution in [0.1, 0.15) is 34.0 Å². The number of hydrogen-bond donors (Lipinski definition) is 2. The third-order valence-electron chi connectivity index (χ3n) is 5.11. The number of hydrogen-bond acceptors (Lipinski definition) is 2. The van der Waals surface area contributed by atoms with E-state index in [0.29, 0.717) is 5.56 Å². The smallest absolute Gasteiger partial charge is 0.332 e. The number of benzene rings is 3. The first-order valence-electron chi connectivity index (χ1n) is 10.5. The Bertz CT molecular complexity index is 1110. The molecule has 0 aromatic heterocycles. The predicted octanol–water partition coefficient (Wildman–Crippen LogP) is 5.58. The largest absolute Gasteiger partial charge is 0.416 e. The lowest BCUT2D eigenvalue weighted by atomic mass is 10.1. The Hall–Kier alpha value is -3.89. The highest BCUT2D eigenvalue weighted by Crippen LogP contribution is 2.30. The fourth-order valence-electron chi connectivity index (χ4n) is 3.28. The van der Waals surface area contributed by atoms with Gasteiger partial charge in [-0.2, -0.15) is 26.3 Å². The minimum Gasteiger partial charge on any atom is -0.332 e. The van der Waals surface area contributed by atoms with Crippen LogP contribution in [0, 0.1) is 5.82 Å². The van der Waals surface area contributed by atoms with Gasteiger partial charge in [-0.05, 0) is 53.1 Å². The number of halogens is 7. The third-order valence-corrected chi connectivity index (χ3v) is 5.11. The molecule has 0 unspecified atom stereocenters. The van der Waals surface area contributed by atoms with Gasteiger partial charge in [0.25, 0.3) is 0 Å². The van der Waals surface area contributed by atoms with E-state index in [2.05, 4.69) is 10.6 Å². The molecule has 3 aromatic rings. The summed E-state index contributed by atoms with van der Waals surface area (Å²) < 4.78 is 89.7. The van der Waals surface area contributed by atoms with E-state index in [0.717, 1.165) is 60.7 Å². The van der Waals surface area contributed by atoms with Crippen LogP contribution in [-0.2, 0) is 34.8 Å². The summed E-state index contributed by atoms with van der Waals surface area (Å²) in [7, 11) is 0. The topological polar surface area (TPSA) is 58.2 Å². The van der Waals surface area contributed by atoms with Crippen LogP contribution in [0.4, 0.5) is 30.7 Å². The highest BCUT2D eigenvalue weighted by molar-refractivity contribution is 5.82. The van der Waals surface area contributed by atoms with Gasteiger partial charge in [0.1, 0.15) is 12.0 Å². The molecule has 2 N–H and O–H groups in total. The summed E-state index contributed by atoms with van der Waals surface area (Å²) >= 11 is 0. The standard InChI is InChI=1S/C25H19F7N2O2/c26-20-11-5-17(6-12-20)23(33-21(35)13-15-1-7-18(8-2-15)24(27,28)29)34-22(36)14-16-3-9-19(10-4-16)25(30,31)32/h1-12,23H,13-14H2,(H,33,35)(H,34,36). The van der Waals surface area contributed by atoms with E-state index < -0.39 is 47.3 Å². The average molecular weight is 512 g/mol.